The molecule has 0 aliphatic heterocycles. The predicted molar refractivity (Wildman–Crippen MR) is 73.1 cm³/mol. The minimum absolute atomic E-state index is 0.317. The van der Waals surface area contributed by atoms with Gasteiger partial charge in [-0.1, -0.05) is 30.3 Å². The molecule has 0 amide bonds. The Balaban J connectivity index is 2.11. The lowest BCUT2D eigenvalue weighted by Crippen LogP contribution is -1.90. The molecule has 0 fully saturated rings. The average Bonchev–Trinajstić information content (AvgIpc) is 2.45. The van der Waals surface area contributed by atoms with Crippen molar-refractivity contribution in [2.24, 2.45) is 0 Å². The third-order valence-corrected chi connectivity index (χ3v) is 3.44. The molecular formula is C14H12F2N2S. The summed E-state index contributed by atoms with van der Waals surface area (Å²) in [4.78, 5) is 0. The molecule has 98 valence electrons. The number of nitrogens with zero attached hydrogens (tertiary/aromatic N) is 2. The maximum absolute atomic E-state index is 11.9. The van der Waals surface area contributed by atoms with E-state index in [4.69, 9.17) is 0 Å². The fraction of sp³-hybridized carbons (Fsp3) is 0.143. The predicted octanol–water partition coefficient (Wildman–Crippen LogP) is 4.41. The zero-order chi connectivity index (χ0) is 13.5. The lowest BCUT2D eigenvalue weighted by molar-refractivity contribution is 0.418. The molecule has 0 aliphatic rings. The van der Waals surface area contributed by atoms with Gasteiger partial charge in [0.05, 0.1) is 6.20 Å². The molecule has 1 aromatic carbocycles. The molecule has 0 spiro atoms. The lowest BCUT2D eigenvalue weighted by Gasteiger charge is -2.06. The standard InChI is InChI=1S/C14H12F2N2S/c15-13(16)7-4-10-19-14-12(8-9-17-18-14)11-5-2-1-3-6-11/h1-3,5-9H,4,10H2. The first-order valence-corrected chi connectivity index (χ1v) is 6.77. The van der Waals surface area contributed by atoms with Gasteiger partial charge in [0.1, 0.15) is 5.03 Å². The van der Waals surface area contributed by atoms with E-state index in [0.717, 1.165) is 22.2 Å². The van der Waals surface area contributed by atoms with Crippen molar-refractivity contribution in [2.75, 3.05) is 5.75 Å². The van der Waals surface area contributed by atoms with E-state index in [2.05, 4.69) is 10.2 Å². The third-order valence-electron chi connectivity index (χ3n) is 2.43. The second kappa shape index (κ2) is 6.99. The van der Waals surface area contributed by atoms with Gasteiger partial charge in [-0.2, -0.15) is 13.9 Å². The van der Waals surface area contributed by atoms with E-state index in [0.29, 0.717) is 12.2 Å². The molecule has 0 saturated carbocycles. The summed E-state index contributed by atoms with van der Waals surface area (Å²) in [7, 11) is 0. The van der Waals surface area contributed by atoms with Crippen LogP contribution in [0.5, 0.6) is 0 Å². The van der Waals surface area contributed by atoms with Crippen molar-refractivity contribution in [3.05, 3.63) is 54.8 Å². The molecule has 2 rings (SSSR count). The molecule has 0 unspecified atom stereocenters. The van der Waals surface area contributed by atoms with Crippen molar-refractivity contribution in [3.8, 4) is 11.1 Å². The van der Waals surface area contributed by atoms with Crippen molar-refractivity contribution in [1.29, 1.82) is 0 Å². The van der Waals surface area contributed by atoms with E-state index in [1.165, 1.54) is 11.8 Å². The van der Waals surface area contributed by atoms with E-state index in [9.17, 15) is 8.78 Å². The van der Waals surface area contributed by atoms with E-state index in [1.54, 1.807) is 6.20 Å². The summed E-state index contributed by atoms with van der Waals surface area (Å²) in [5, 5.41) is 8.69. The monoisotopic (exact) mass is 278 g/mol. The number of benzene rings is 1. The SMILES string of the molecule is FC(F)=CCCSc1nnccc1-c1ccccc1. The Hall–Kier alpha value is -1.75. The minimum atomic E-state index is -1.64. The van der Waals surface area contributed by atoms with Crippen LogP contribution in [0, 0.1) is 0 Å². The van der Waals surface area contributed by atoms with Crippen LogP contribution in [0.3, 0.4) is 0 Å². The fourth-order valence-corrected chi connectivity index (χ4v) is 2.46. The molecule has 0 radical (unpaired) electrons. The molecule has 19 heavy (non-hydrogen) atoms. The highest BCUT2D eigenvalue weighted by atomic mass is 32.2. The second-order valence-electron chi connectivity index (χ2n) is 3.75. The van der Waals surface area contributed by atoms with E-state index >= 15 is 0 Å². The van der Waals surface area contributed by atoms with Gasteiger partial charge in [-0.05, 0) is 24.1 Å². The number of rotatable bonds is 5. The molecule has 0 aliphatic carbocycles. The van der Waals surface area contributed by atoms with Gasteiger partial charge in [0, 0.05) is 11.3 Å². The number of hydrogen-bond donors (Lipinski definition) is 0. The van der Waals surface area contributed by atoms with E-state index in [1.807, 2.05) is 36.4 Å². The van der Waals surface area contributed by atoms with Crippen molar-refractivity contribution in [3.63, 3.8) is 0 Å². The Morgan fingerprint density at radius 1 is 1.16 bits per heavy atom. The fourth-order valence-electron chi connectivity index (χ4n) is 1.59. The van der Waals surface area contributed by atoms with Gasteiger partial charge in [0.15, 0.2) is 0 Å². The number of aromatic nitrogens is 2. The van der Waals surface area contributed by atoms with Crippen molar-refractivity contribution in [2.45, 2.75) is 11.4 Å². The molecule has 2 nitrogen and oxygen atoms in total. The van der Waals surface area contributed by atoms with Crippen LogP contribution in [0.25, 0.3) is 11.1 Å². The quantitative estimate of drug-likeness (QED) is 0.598. The smallest absolute Gasteiger partial charge is 0.174 e. The van der Waals surface area contributed by atoms with Crippen LogP contribution >= 0.6 is 11.8 Å². The number of allylic oxidation sites excluding steroid dienone is 1. The lowest BCUT2D eigenvalue weighted by atomic mass is 10.1. The first-order valence-electron chi connectivity index (χ1n) is 5.78. The zero-order valence-corrected chi connectivity index (χ0v) is 10.9. The van der Waals surface area contributed by atoms with Gasteiger partial charge in [0.2, 0.25) is 0 Å². The molecule has 0 bridgehead atoms. The minimum Gasteiger partial charge on any atom is -0.174 e. The van der Waals surface area contributed by atoms with Gasteiger partial charge in [-0.15, -0.1) is 16.9 Å². The van der Waals surface area contributed by atoms with E-state index in [-0.39, 0.29) is 0 Å². The summed E-state index contributed by atoms with van der Waals surface area (Å²) in [5.41, 5.74) is 2.03. The van der Waals surface area contributed by atoms with Gasteiger partial charge in [0.25, 0.3) is 6.08 Å². The molecule has 1 heterocycles. The normalized spacial score (nSPS) is 10.2. The maximum Gasteiger partial charge on any atom is 0.266 e. The van der Waals surface area contributed by atoms with Crippen LogP contribution in [-0.4, -0.2) is 16.0 Å². The Bertz CT molecular complexity index is 554. The van der Waals surface area contributed by atoms with Gasteiger partial charge in [-0.3, -0.25) is 0 Å². The first kappa shape index (κ1) is 13.7. The Morgan fingerprint density at radius 3 is 2.68 bits per heavy atom. The molecule has 0 atom stereocenters. The second-order valence-corrected chi connectivity index (χ2v) is 4.83. The van der Waals surface area contributed by atoms with Gasteiger partial charge < -0.3 is 0 Å². The first-order chi connectivity index (χ1) is 9.27. The van der Waals surface area contributed by atoms with Gasteiger partial charge >= 0.3 is 0 Å². The van der Waals surface area contributed by atoms with Crippen LogP contribution in [0.4, 0.5) is 8.78 Å². The molecule has 1 aromatic heterocycles. The molecular weight excluding hydrogens is 266 g/mol. The summed E-state index contributed by atoms with van der Waals surface area (Å²) in [6.45, 7) is 0. The number of thioether (sulfide) groups is 1. The topological polar surface area (TPSA) is 25.8 Å². The average molecular weight is 278 g/mol. The summed E-state index contributed by atoms with van der Waals surface area (Å²) >= 11 is 1.43. The summed E-state index contributed by atoms with van der Waals surface area (Å²) in [5.74, 6) is 0.551. The summed E-state index contributed by atoms with van der Waals surface area (Å²) < 4.78 is 23.9. The Morgan fingerprint density at radius 2 is 1.95 bits per heavy atom. The highest BCUT2D eigenvalue weighted by Gasteiger charge is 2.06. The third kappa shape index (κ3) is 4.13. The van der Waals surface area contributed by atoms with Crippen LogP contribution in [0.15, 0.2) is 59.8 Å². The summed E-state index contributed by atoms with van der Waals surface area (Å²) in [6, 6.07) is 11.7. The largest absolute Gasteiger partial charge is 0.266 e. The molecule has 2 aromatic rings. The van der Waals surface area contributed by atoms with Crippen LogP contribution in [0.1, 0.15) is 6.42 Å². The zero-order valence-electron chi connectivity index (χ0n) is 10.1. The Labute approximate surface area is 114 Å². The van der Waals surface area contributed by atoms with Crippen molar-refractivity contribution >= 4 is 11.8 Å². The van der Waals surface area contributed by atoms with Crippen LogP contribution in [-0.2, 0) is 0 Å². The van der Waals surface area contributed by atoms with Crippen molar-refractivity contribution < 1.29 is 8.78 Å². The molecule has 5 heteroatoms. The number of hydrogen-bond acceptors (Lipinski definition) is 3. The van der Waals surface area contributed by atoms with Gasteiger partial charge in [-0.25, -0.2) is 0 Å². The Kier molecular flexibility index (Phi) is 5.03. The maximum atomic E-state index is 11.9. The van der Waals surface area contributed by atoms with Crippen LogP contribution in [0.2, 0.25) is 0 Å². The van der Waals surface area contributed by atoms with E-state index < -0.39 is 6.08 Å². The van der Waals surface area contributed by atoms with Crippen LogP contribution < -0.4 is 0 Å². The highest BCUT2D eigenvalue weighted by molar-refractivity contribution is 7.99. The summed E-state index contributed by atoms with van der Waals surface area (Å²) in [6.07, 6.45) is 1.24. The number of halogens is 2. The highest BCUT2D eigenvalue weighted by Crippen LogP contribution is 2.29. The van der Waals surface area contributed by atoms with Crippen molar-refractivity contribution in [1.82, 2.24) is 10.2 Å². The molecule has 0 N–H and O–H groups in total. The molecule has 0 saturated heterocycles.